The van der Waals surface area contributed by atoms with Gasteiger partial charge >= 0.3 is 0 Å². The van der Waals surface area contributed by atoms with E-state index in [9.17, 15) is 4.79 Å². The zero-order valence-electron chi connectivity index (χ0n) is 13.9. The molecular weight excluding hydrogens is 324 g/mol. The van der Waals surface area contributed by atoms with Crippen LogP contribution in [0.1, 0.15) is 31.2 Å². The number of likely N-dealkylation sites (tertiary alicyclic amines) is 1. The van der Waals surface area contributed by atoms with Crippen LogP contribution >= 0.6 is 11.6 Å². The molecule has 4 aliphatic rings. The van der Waals surface area contributed by atoms with Crippen LogP contribution in [0.25, 0.3) is 0 Å². The SMILES string of the molecule is NC(=O)COc1ccc(CN2C[C@@H]3C4CCC(CC4)[C@@H]3C2)cc1Cl. The first-order chi connectivity index (χ1) is 11.6. The molecule has 3 aliphatic carbocycles. The molecule has 1 aromatic rings. The minimum Gasteiger partial charge on any atom is -0.482 e. The van der Waals surface area contributed by atoms with Gasteiger partial charge in [0.05, 0.1) is 5.02 Å². The Hall–Kier alpha value is -1.26. The van der Waals surface area contributed by atoms with Crippen LogP contribution in [-0.2, 0) is 11.3 Å². The van der Waals surface area contributed by atoms with Crippen molar-refractivity contribution in [2.24, 2.45) is 29.4 Å². The van der Waals surface area contributed by atoms with Crippen molar-refractivity contribution >= 4 is 17.5 Å². The fraction of sp³-hybridized carbons (Fsp3) is 0.632. The molecule has 1 amide bonds. The molecule has 3 saturated carbocycles. The Bertz CT molecular complexity index is 608. The van der Waals surface area contributed by atoms with Crippen molar-refractivity contribution in [3.63, 3.8) is 0 Å². The summed E-state index contributed by atoms with van der Waals surface area (Å²) in [5, 5.41) is 0.547. The zero-order chi connectivity index (χ0) is 16.7. The second kappa shape index (κ2) is 6.57. The second-order valence-electron chi connectivity index (χ2n) is 7.72. The highest BCUT2D eigenvalue weighted by molar-refractivity contribution is 6.32. The molecule has 2 bridgehead atoms. The highest BCUT2D eigenvalue weighted by Gasteiger charge is 2.47. The first-order valence-electron chi connectivity index (χ1n) is 9.02. The number of amides is 1. The Morgan fingerprint density at radius 3 is 2.33 bits per heavy atom. The van der Waals surface area contributed by atoms with Gasteiger partial charge < -0.3 is 10.5 Å². The van der Waals surface area contributed by atoms with Crippen molar-refractivity contribution in [1.82, 2.24) is 4.90 Å². The molecule has 5 rings (SSSR count). The first kappa shape index (κ1) is 16.2. The molecule has 2 N–H and O–H groups in total. The number of rotatable bonds is 5. The molecule has 0 spiro atoms. The predicted molar refractivity (Wildman–Crippen MR) is 93.8 cm³/mol. The number of hydrogen-bond acceptors (Lipinski definition) is 3. The lowest BCUT2D eigenvalue weighted by molar-refractivity contribution is -0.119. The van der Waals surface area contributed by atoms with Gasteiger partial charge in [-0.2, -0.15) is 0 Å². The summed E-state index contributed by atoms with van der Waals surface area (Å²) in [4.78, 5) is 13.4. The molecule has 130 valence electrons. The van der Waals surface area contributed by atoms with Gasteiger partial charge in [0, 0.05) is 19.6 Å². The lowest BCUT2D eigenvalue weighted by Gasteiger charge is -2.45. The Morgan fingerprint density at radius 1 is 1.17 bits per heavy atom. The van der Waals surface area contributed by atoms with E-state index in [0.717, 1.165) is 30.2 Å². The summed E-state index contributed by atoms with van der Waals surface area (Å²) < 4.78 is 5.32. The molecule has 4 nitrogen and oxygen atoms in total. The van der Waals surface area contributed by atoms with Crippen LogP contribution in [0.4, 0.5) is 0 Å². The number of carbonyl (C=O) groups is 1. The Labute approximate surface area is 148 Å². The van der Waals surface area contributed by atoms with Crippen LogP contribution in [0.2, 0.25) is 5.02 Å². The van der Waals surface area contributed by atoms with Gasteiger partial charge in [0.1, 0.15) is 5.75 Å². The summed E-state index contributed by atoms with van der Waals surface area (Å²) >= 11 is 6.28. The van der Waals surface area contributed by atoms with Crippen molar-refractivity contribution in [2.45, 2.75) is 32.2 Å². The number of primary amides is 1. The van der Waals surface area contributed by atoms with E-state index in [-0.39, 0.29) is 6.61 Å². The standard InChI is InChI=1S/C19H25ClN2O2/c20-17-7-12(1-6-18(17)24-11-19(21)23)8-22-9-15-13-2-3-14(5-4-13)16(15)10-22/h1,6-7,13-16H,2-5,8-11H2,(H2,21,23)/t13?,14?,15-,16+. The van der Waals surface area contributed by atoms with Crippen LogP contribution < -0.4 is 10.5 Å². The van der Waals surface area contributed by atoms with Crippen molar-refractivity contribution in [2.75, 3.05) is 19.7 Å². The molecule has 0 aromatic heterocycles. The maximum Gasteiger partial charge on any atom is 0.255 e. The van der Waals surface area contributed by atoms with E-state index in [4.69, 9.17) is 22.1 Å². The van der Waals surface area contributed by atoms with E-state index < -0.39 is 5.91 Å². The highest BCUT2D eigenvalue weighted by Crippen LogP contribution is 2.52. The van der Waals surface area contributed by atoms with Gasteiger partial charge in [-0.05, 0) is 67.1 Å². The third-order valence-electron chi connectivity index (χ3n) is 6.29. The molecule has 2 atom stereocenters. The largest absolute Gasteiger partial charge is 0.482 e. The van der Waals surface area contributed by atoms with Gasteiger partial charge in [-0.3, -0.25) is 9.69 Å². The summed E-state index contributed by atoms with van der Waals surface area (Å²) in [6.45, 7) is 3.28. The van der Waals surface area contributed by atoms with Gasteiger partial charge in [-0.25, -0.2) is 0 Å². The molecule has 1 heterocycles. The third kappa shape index (κ3) is 3.14. The summed E-state index contributed by atoms with van der Waals surface area (Å²) in [6.07, 6.45) is 5.82. The Morgan fingerprint density at radius 2 is 1.79 bits per heavy atom. The van der Waals surface area contributed by atoms with Gasteiger partial charge in [-0.1, -0.05) is 17.7 Å². The summed E-state index contributed by atoms with van der Waals surface area (Å²) in [5.41, 5.74) is 6.31. The monoisotopic (exact) mass is 348 g/mol. The number of benzene rings is 1. The van der Waals surface area contributed by atoms with E-state index in [2.05, 4.69) is 4.90 Å². The van der Waals surface area contributed by atoms with E-state index >= 15 is 0 Å². The smallest absolute Gasteiger partial charge is 0.255 e. The Balaban J connectivity index is 1.39. The molecule has 4 fully saturated rings. The average Bonchev–Trinajstić information content (AvgIpc) is 3.00. The molecular formula is C19H25ClN2O2. The van der Waals surface area contributed by atoms with Gasteiger partial charge in [-0.15, -0.1) is 0 Å². The number of nitrogens with two attached hydrogens (primary N) is 1. The van der Waals surface area contributed by atoms with Crippen LogP contribution in [0, 0.1) is 23.7 Å². The fourth-order valence-corrected chi connectivity index (χ4v) is 5.49. The number of halogens is 1. The predicted octanol–water partition coefficient (Wildman–Crippen LogP) is 3.07. The van der Waals surface area contributed by atoms with Crippen molar-refractivity contribution < 1.29 is 9.53 Å². The minimum absolute atomic E-state index is 0.142. The van der Waals surface area contributed by atoms with Crippen molar-refractivity contribution in [1.29, 1.82) is 0 Å². The van der Waals surface area contributed by atoms with Gasteiger partial charge in [0.25, 0.3) is 5.91 Å². The van der Waals surface area contributed by atoms with Crippen LogP contribution in [-0.4, -0.2) is 30.5 Å². The van der Waals surface area contributed by atoms with Gasteiger partial charge in [0.15, 0.2) is 6.61 Å². The van der Waals surface area contributed by atoms with E-state index in [1.165, 1.54) is 44.3 Å². The average molecular weight is 349 g/mol. The van der Waals surface area contributed by atoms with E-state index in [1.807, 2.05) is 18.2 Å². The number of ether oxygens (including phenoxy) is 1. The number of nitrogens with zero attached hydrogens (tertiary/aromatic N) is 1. The second-order valence-corrected chi connectivity index (χ2v) is 8.12. The van der Waals surface area contributed by atoms with Crippen LogP contribution in [0.5, 0.6) is 5.75 Å². The molecule has 5 heteroatoms. The molecule has 1 aromatic carbocycles. The van der Waals surface area contributed by atoms with Crippen LogP contribution in [0.15, 0.2) is 18.2 Å². The molecule has 0 radical (unpaired) electrons. The Kier molecular flexibility index (Phi) is 4.44. The summed E-state index contributed by atoms with van der Waals surface area (Å²) in [7, 11) is 0. The van der Waals surface area contributed by atoms with Gasteiger partial charge in [0.2, 0.25) is 0 Å². The minimum atomic E-state index is -0.496. The maximum absolute atomic E-state index is 10.8. The lowest BCUT2D eigenvalue weighted by Crippen LogP contribution is -2.38. The molecule has 0 unspecified atom stereocenters. The lowest BCUT2D eigenvalue weighted by atomic mass is 9.60. The number of hydrogen-bond donors (Lipinski definition) is 1. The first-order valence-corrected chi connectivity index (χ1v) is 9.40. The zero-order valence-corrected chi connectivity index (χ0v) is 14.7. The number of fused-ring (bicyclic) bond motifs is 2. The summed E-state index contributed by atoms with van der Waals surface area (Å²) in [5.74, 6) is 3.81. The molecule has 24 heavy (non-hydrogen) atoms. The normalized spacial score (nSPS) is 31.9. The van der Waals surface area contributed by atoms with E-state index in [1.54, 1.807) is 0 Å². The molecule has 1 aliphatic heterocycles. The number of carbonyl (C=O) groups excluding carboxylic acids is 1. The van der Waals surface area contributed by atoms with E-state index in [0.29, 0.717) is 10.8 Å². The van der Waals surface area contributed by atoms with Crippen molar-refractivity contribution in [3.8, 4) is 5.75 Å². The highest BCUT2D eigenvalue weighted by atomic mass is 35.5. The van der Waals surface area contributed by atoms with Crippen LogP contribution in [0.3, 0.4) is 0 Å². The maximum atomic E-state index is 10.8. The topological polar surface area (TPSA) is 55.6 Å². The third-order valence-corrected chi connectivity index (χ3v) is 6.58. The quantitative estimate of drug-likeness (QED) is 0.889. The fourth-order valence-electron chi connectivity index (χ4n) is 5.24. The summed E-state index contributed by atoms with van der Waals surface area (Å²) in [6, 6.07) is 5.83. The molecule has 1 saturated heterocycles. The van der Waals surface area contributed by atoms with Crippen molar-refractivity contribution in [3.05, 3.63) is 28.8 Å².